The fourth-order valence-corrected chi connectivity index (χ4v) is 5.83. The largest absolute Gasteiger partial charge is 0.496 e. The maximum absolute atomic E-state index is 13.9. The van der Waals surface area contributed by atoms with Crippen LogP contribution in [0.15, 0.2) is 48.5 Å². The number of carbonyl (C=O) groups excluding carboxylic acids is 4. The van der Waals surface area contributed by atoms with Crippen molar-refractivity contribution in [2.24, 2.45) is 5.92 Å². The predicted molar refractivity (Wildman–Crippen MR) is 143 cm³/mol. The van der Waals surface area contributed by atoms with Crippen LogP contribution in [0.3, 0.4) is 0 Å². The molecule has 8 nitrogen and oxygen atoms in total. The zero-order valence-corrected chi connectivity index (χ0v) is 21.8. The number of ketones is 2. The molecule has 1 fully saturated rings. The number of fused-ring (bicyclic) bond motifs is 2. The molecular weight excluding hydrogens is 482 g/mol. The van der Waals surface area contributed by atoms with Crippen LogP contribution in [0, 0.1) is 5.92 Å². The summed E-state index contributed by atoms with van der Waals surface area (Å²) in [7, 11) is 1.58. The number of hydrogen-bond acceptors (Lipinski definition) is 5. The van der Waals surface area contributed by atoms with Crippen LogP contribution >= 0.6 is 0 Å². The van der Waals surface area contributed by atoms with Crippen molar-refractivity contribution in [3.63, 3.8) is 0 Å². The summed E-state index contributed by atoms with van der Waals surface area (Å²) in [6.45, 7) is 2.11. The highest BCUT2D eigenvalue weighted by Crippen LogP contribution is 2.33. The Labute approximate surface area is 221 Å². The number of hydrogen-bond donors (Lipinski definition) is 2. The monoisotopic (exact) mass is 515 g/mol. The van der Waals surface area contributed by atoms with Crippen molar-refractivity contribution in [3.8, 4) is 5.75 Å². The molecule has 0 bridgehead atoms. The molecule has 2 heterocycles. The zero-order chi connectivity index (χ0) is 26.8. The third kappa shape index (κ3) is 4.83. The van der Waals surface area contributed by atoms with Crippen LogP contribution in [0.4, 0.5) is 0 Å². The van der Waals surface area contributed by atoms with Gasteiger partial charge in [0.15, 0.2) is 5.78 Å². The number of carbonyl (C=O) groups is 4. The first-order chi connectivity index (χ1) is 18.4. The van der Waals surface area contributed by atoms with Crippen LogP contribution < -0.4 is 10.1 Å². The standard InChI is InChI=1S/C30H33N3O5/c1-3-25(34)23(16-19-9-6-12-26(19)35)32-29(36)28-20-10-5-4-8-18(20)14-15-33(28)30(37)24-17-21-22(31-24)11-7-13-27(21)38-2/h4-5,7-8,10-11,13,17,19,23,28,31H,3,6,9,12,14-16H2,1-2H3,(H,32,36). The molecule has 1 aromatic heterocycles. The minimum atomic E-state index is -0.896. The molecule has 2 aliphatic rings. The number of aromatic amines is 1. The summed E-state index contributed by atoms with van der Waals surface area (Å²) < 4.78 is 5.45. The van der Waals surface area contributed by atoms with Crippen molar-refractivity contribution >= 4 is 34.3 Å². The molecule has 2 amide bonds. The summed E-state index contributed by atoms with van der Waals surface area (Å²) in [5, 5.41) is 3.73. The Morgan fingerprint density at radius 1 is 1.13 bits per heavy atom. The molecule has 1 saturated carbocycles. The number of ether oxygens (including phenoxy) is 1. The summed E-state index contributed by atoms with van der Waals surface area (Å²) in [6.07, 6.45) is 3.26. The van der Waals surface area contributed by atoms with Gasteiger partial charge in [-0.1, -0.05) is 37.3 Å². The minimum absolute atomic E-state index is 0.109. The summed E-state index contributed by atoms with van der Waals surface area (Å²) in [5.74, 6) is -0.226. The number of benzene rings is 2. The van der Waals surface area contributed by atoms with Gasteiger partial charge >= 0.3 is 0 Å². The SMILES string of the molecule is CCC(=O)C(CC1CCCC1=O)NC(=O)C1c2ccccc2CCN1C(=O)c1cc2c(OC)cccc2[nH]1. The number of H-pyrrole nitrogens is 1. The van der Waals surface area contributed by atoms with Gasteiger partial charge in [0.25, 0.3) is 5.91 Å². The van der Waals surface area contributed by atoms with Gasteiger partial charge in [0.1, 0.15) is 23.3 Å². The van der Waals surface area contributed by atoms with Gasteiger partial charge in [-0.2, -0.15) is 0 Å². The van der Waals surface area contributed by atoms with Gasteiger partial charge in [-0.15, -0.1) is 0 Å². The van der Waals surface area contributed by atoms with Gasteiger partial charge in [-0.3, -0.25) is 19.2 Å². The Morgan fingerprint density at radius 3 is 2.68 bits per heavy atom. The third-order valence-electron chi connectivity index (χ3n) is 7.87. The molecule has 0 saturated heterocycles. The van der Waals surface area contributed by atoms with Gasteiger partial charge in [-0.25, -0.2) is 0 Å². The second-order valence-electron chi connectivity index (χ2n) is 10.1. The van der Waals surface area contributed by atoms with Crippen LogP contribution in [0.1, 0.15) is 66.7 Å². The molecule has 38 heavy (non-hydrogen) atoms. The predicted octanol–water partition coefficient (Wildman–Crippen LogP) is 4.14. The van der Waals surface area contributed by atoms with Crippen LogP contribution in [0.25, 0.3) is 10.9 Å². The summed E-state index contributed by atoms with van der Waals surface area (Å²) in [4.78, 5) is 57.6. The molecule has 8 heteroatoms. The first kappa shape index (κ1) is 25.7. The van der Waals surface area contributed by atoms with Gasteiger partial charge < -0.3 is 19.9 Å². The molecule has 2 aromatic carbocycles. The number of Topliss-reactive ketones (excluding diaryl/α,β-unsaturated/α-hetero) is 2. The molecule has 2 N–H and O–H groups in total. The van der Waals surface area contributed by atoms with E-state index in [9.17, 15) is 19.2 Å². The fourth-order valence-electron chi connectivity index (χ4n) is 5.83. The van der Waals surface area contributed by atoms with Crippen molar-refractivity contribution in [2.45, 2.75) is 57.5 Å². The van der Waals surface area contributed by atoms with E-state index < -0.39 is 18.0 Å². The molecule has 3 aromatic rings. The quantitative estimate of drug-likeness (QED) is 0.469. The number of amides is 2. The van der Waals surface area contributed by atoms with E-state index >= 15 is 0 Å². The number of aromatic nitrogens is 1. The van der Waals surface area contributed by atoms with Crippen molar-refractivity contribution < 1.29 is 23.9 Å². The van der Waals surface area contributed by atoms with Gasteiger partial charge in [-0.05, 0) is 55.0 Å². The smallest absolute Gasteiger partial charge is 0.271 e. The van der Waals surface area contributed by atoms with E-state index in [-0.39, 0.29) is 29.8 Å². The minimum Gasteiger partial charge on any atom is -0.496 e. The van der Waals surface area contributed by atoms with E-state index in [4.69, 9.17) is 4.74 Å². The van der Waals surface area contributed by atoms with Crippen molar-refractivity contribution in [3.05, 3.63) is 65.4 Å². The Bertz CT molecular complexity index is 1390. The van der Waals surface area contributed by atoms with Crippen LogP contribution in [0.5, 0.6) is 5.75 Å². The molecule has 5 rings (SSSR count). The number of nitrogens with zero attached hydrogens (tertiary/aromatic N) is 1. The average Bonchev–Trinajstić information content (AvgIpc) is 3.56. The molecule has 3 atom stereocenters. The third-order valence-corrected chi connectivity index (χ3v) is 7.87. The van der Waals surface area contributed by atoms with E-state index in [2.05, 4.69) is 10.3 Å². The second-order valence-corrected chi connectivity index (χ2v) is 10.1. The highest BCUT2D eigenvalue weighted by atomic mass is 16.5. The molecule has 1 aliphatic carbocycles. The van der Waals surface area contributed by atoms with E-state index in [1.54, 1.807) is 25.0 Å². The average molecular weight is 516 g/mol. The molecule has 198 valence electrons. The summed E-state index contributed by atoms with van der Waals surface area (Å²) in [5.41, 5.74) is 2.87. The lowest BCUT2D eigenvalue weighted by Crippen LogP contribution is -2.51. The van der Waals surface area contributed by atoms with Crippen molar-refractivity contribution in [1.82, 2.24) is 15.2 Å². The molecular formula is C30H33N3O5. The number of nitrogens with one attached hydrogen (secondary N) is 2. The topological polar surface area (TPSA) is 109 Å². The normalized spacial score (nSPS) is 19.7. The highest BCUT2D eigenvalue weighted by Gasteiger charge is 2.39. The highest BCUT2D eigenvalue weighted by molar-refractivity contribution is 6.02. The first-order valence-electron chi connectivity index (χ1n) is 13.3. The first-order valence-corrected chi connectivity index (χ1v) is 13.3. The lowest BCUT2D eigenvalue weighted by molar-refractivity contribution is -0.132. The van der Waals surface area contributed by atoms with Crippen LogP contribution in [-0.2, 0) is 20.8 Å². The van der Waals surface area contributed by atoms with Crippen LogP contribution in [-0.4, -0.2) is 53.0 Å². The lowest BCUT2D eigenvalue weighted by Gasteiger charge is -2.37. The molecule has 0 radical (unpaired) electrons. The Morgan fingerprint density at radius 2 is 1.95 bits per heavy atom. The van der Waals surface area contributed by atoms with Gasteiger partial charge in [0.05, 0.1) is 13.2 Å². The lowest BCUT2D eigenvalue weighted by atomic mass is 9.90. The summed E-state index contributed by atoms with van der Waals surface area (Å²) in [6, 6.07) is 13.3. The van der Waals surface area contributed by atoms with Crippen LogP contribution in [0.2, 0.25) is 0 Å². The van der Waals surface area contributed by atoms with Crippen molar-refractivity contribution in [2.75, 3.05) is 13.7 Å². The Hall–Kier alpha value is -3.94. The Balaban J connectivity index is 1.46. The number of methoxy groups -OCH3 is 1. The fraction of sp³-hybridized carbons (Fsp3) is 0.400. The van der Waals surface area contributed by atoms with Gasteiger partial charge in [0.2, 0.25) is 5.91 Å². The molecule has 1 aliphatic heterocycles. The molecule has 0 spiro atoms. The maximum Gasteiger partial charge on any atom is 0.271 e. The van der Waals surface area contributed by atoms with E-state index in [0.717, 1.165) is 34.9 Å². The maximum atomic E-state index is 13.9. The molecule has 3 unspecified atom stereocenters. The number of rotatable bonds is 8. The second kappa shape index (κ2) is 10.8. The van der Waals surface area contributed by atoms with E-state index in [0.29, 0.717) is 37.3 Å². The van der Waals surface area contributed by atoms with Gasteiger partial charge in [0, 0.05) is 36.2 Å². The Kier molecular flexibility index (Phi) is 7.31. The van der Waals surface area contributed by atoms with E-state index in [1.165, 1.54) is 0 Å². The van der Waals surface area contributed by atoms with Crippen molar-refractivity contribution in [1.29, 1.82) is 0 Å². The summed E-state index contributed by atoms with van der Waals surface area (Å²) >= 11 is 0. The zero-order valence-electron chi connectivity index (χ0n) is 21.8. The van der Waals surface area contributed by atoms with E-state index in [1.807, 2.05) is 42.5 Å².